The number of amides is 1. The first-order valence-electron chi connectivity index (χ1n) is 7.48. The molecule has 124 valence electrons. The second-order valence-corrected chi connectivity index (χ2v) is 5.72. The number of Topliss-reactive ketones (excluding diaryl/α,β-unsaturated/α-hetero) is 1. The fourth-order valence-electron chi connectivity index (χ4n) is 3.23. The summed E-state index contributed by atoms with van der Waals surface area (Å²) in [5, 5.41) is 2.66. The molecule has 1 aromatic rings. The smallest absolute Gasteiger partial charge is 0.407 e. The number of esters is 1. The van der Waals surface area contributed by atoms with Gasteiger partial charge in [0, 0.05) is 6.42 Å². The van der Waals surface area contributed by atoms with Crippen molar-refractivity contribution in [2.24, 2.45) is 5.41 Å². The molecule has 1 amide bonds. The Morgan fingerprint density at radius 1 is 1.26 bits per heavy atom. The van der Waals surface area contributed by atoms with Crippen LogP contribution in [0, 0.1) is 12.3 Å². The molecule has 6 nitrogen and oxygen atoms in total. The Hall–Kier alpha value is -2.37. The quantitative estimate of drug-likeness (QED) is 0.680. The summed E-state index contributed by atoms with van der Waals surface area (Å²) in [6, 6.07) is 6.53. The van der Waals surface area contributed by atoms with Crippen LogP contribution in [0.3, 0.4) is 0 Å². The second kappa shape index (κ2) is 6.81. The Labute approximate surface area is 135 Å². The van der Waals surface area contributed by atoms with Crippen molar-refractivity contribution in [3.8, 4) is 0 Å². The predicted octanol–water partition coefficient (Wildman–Crippen LogP) is 2.30. The van der Waals surface area contributed by atoms with Crippen LogP contribution < -0.4 is 5.32 Å². The average molecular weight is 319 g/mol. The summed E-state index contributed by atoms with van der Waals surface area (Å²) in [5.41, 5.74) is 0.233. The lowest BCUT2D eigenvalue weighted by Crippen LogP contribution is -2.49. The largest absolute Gasteiger partial charge is 0.468 e. The van der Waals surface area contributed by atoms with Crippen molar-refractivity contribution in [1.29, 1.82) is 0 Å². The molecule has 6 heteroatoms. The zero-order valence-corrected chi connectivity index (χ0v) is 13.5. The Balaban J connectivity index is 2.56. The summed E-state index contributed by atoms with van der Waals surface area (Å²) >= 11 is 0. The summed E-state index contributed by atoms with van der Waals surface area (Å²) in [6.07, 6.45) is 0.514. The first kappa shape index (κ1) is 17.0. The zero-order valence-electron chi connectivity index (χ0n) is 13.5. The molecule has 1 saturated carbocycles. The van der Waals surface area contributed by atoms with Gasteiger partial charge in [0.25, 0.3) is 0 Å². The Morgan fingerprint density at radius 3 is 2.52 bits per heavy atom. The number of methoxy groups -OCH3 is 2. The van der Waals surface area contributed by atoms with Gasteiger partial charge in [0.2, 0.25) is 0 Å². The lowest BCUT2D eigenvalue weighted by atomic mass is 9.74. The molecule has 1 fully saturated rings. The van der Waals surface area contributed by atoms with Gasteiger partial charge in [-0.05, 0) is 25.3 Å². The van der Waals surface area contributed by atoms with Gasteiger partial charge in [-0.2, -0.15) is 0 Å². The molecule has 2 atom stereocenters. The van der Waals surface area contributed by atoms with Crippen molar-refractivity contribution < 1.29 is 23.9 Å². The molecule has 1 N–H and O–H groups in total. The van der Waals surface area contributed by atoms with Crippen LogP contribution in [0.4, 0.5) is 4.79 Å². The molecular weight excluding hydrogens is 298 g/mol. The van der Waals surface area contributed by atoms with Gasteiger partial charge in [-0.3, -0.25) is 9.59 Å². The first-order chi connectivity index (χ1) is 11.0. The third-order valence-electron chi connectivity index (χ3n) is 4.34. The predicted molar refractivity (Wildman–Crippen MR) is 82.8 cm³/mol. The molecule has 23 heavy (non-hydrogen) atoms. The van der Waals surface area contributed by atoms with E-state index in [0.29, 0.717) is 24.8 Å². The highest BCUT2D eigenvalue weighted by Crippen LogP contribution is 2.46. The van der Waals surface area contributed by atoms with Gasteiger partial charge in [0.1, 0.15) is 0 Å². The molecule has 0 heterocycles. The summed E-state index contributed by atoms with van der Waals surface area (Å²) < 4.78 is 9.58. The Kier molecular flexibility index (Phi) is 5.03. The minimum absolute atomic E-state index is 0.216. The Morgan fingerprint density at radius 2 is 2.00 bits per heavy atom. The van der Waals surface area contributed by atoms with E-state index in [2.05, 4.69) is 10.1 Å². The van der Waals surface area contributed by atoms with Crippen LogP contribution >= 0.6 is 0 Å². The number of ketones is 1. The van der Waals surface area contributed by atoms with Crippen molar-refractivity contribution in [1.82, 2.24) is 5.32 Å². The van der Waals surface area contributed by atoms with Crippen molar-refractivity contribution in [3.63, 3.8) is 0 Å². The van der Waals surface area contributed by atoms with Gasteiger partial charge in [0.05, 0.1) is 20.3 Å². The molecule has 0 spiro atoms. The highest BCUT2D eigenvalue weighted by Gasteiger charge is 2.56. The van der Waals surface area contributed by atoms with E-state index in [1.807, 2.05) is 25.1 Å². The van der Waals surface area contributed by atoms with Crippen LogP contribution in [-0.4, -0.2) is 32.1 Å². The van der Waals surface area contributed by atoms with Crippen molar-refractivity contribution in [2.75, 3.05) is 14.2 Å². The van der Waals surface area contributed by atoms with Crippen LogP contribution in [0.1, 0.15) is 36.4 Å². The number of aryl methyl sites for hydroxylation is 1. The third kappa shape index (κ3) is 3.06. The summed E-state index contributed by atoms with van der Waals surface area (Å²) in [4.78, 5) is 36.9. The number of rotatable bonds is 4. The van der Waals surface area contributed by atoms with Crippen molar-refractivity contribution in [3.05, 3.63) is 35.4 Å². The summed E-state index contributed by atoms with van der Waals surface area (Å²) in [6.45, 7) is 1.90. The van der Waals surface area contributed by atoms with Gasteiger partial charge < -0.3 is 14.8 Å². The van der Waals surface area contributed by atoms with Crippen molar-refractivity contribution >= 4 is 17.8 Å². The minimum Gasteiger partial charge on any atom is -0.468 e. The molecule has 0 radical (unpaired) electrons. The lowest BCUT2D eigenvalue weighted by molar-refractivity contribution is -0.158. The topological polar surface area (TPSA) is 81.7 Å². The molecule has 0 aromatic heterocycles. The van der Waals surface area contributed by atoms with Crippen molar-refractivity contribution in [2.45, 2.75) is 32.2 Å². The van der Waals surface area contributed by atoms with E-state index < -0.39 is 23.5 Å². The molecule has 1 aliphatic carbocycles. The molecule has 0 saturated heterocycles. The molecular formula is C17H21NO5. The average Bonchev–Trinajstić information content (AvgIpc) is 2.93. The highest BCUT2D eigenvalue weighted by molar-refractivity contribution is 6.06. The number of benzene rings is 1. The van der Waals surface area contributed by atoms with Gasteiger partial charge in [-0.25, -0.2) is 4.79 Å². The molecule has 1 aromatic carbocycles. The number of nitrogens with one attached hydrogen (secondary N) is 1. The van der Waals surface area contributed by atoms with E-state index in [-0.39, 0.29) is 5.78 Å². The standard InChI is InChI=1S/C17H21NO5/c1-11-6-4-7-12(10-11)14(18-16(21)23-3)17(15(20)22-2)9-5-8-13(17)19/h4,6-7,10,14H,5,8-9H2,1-3H3,(H,18,21). The van der Waals surface area contributed by atoms with Crippen LogP contribution in [0.25, 0.3) is 0 Å². The first-order valence-corrected chi connectivity index (χ1v) is 7.48. The maximum Gasteiger partial charge on any atom is 0.407 e. The maximum atomic E-state index is 12.6. The normalized spacial score (nSPS) is 21.6. The fraction of sp³-hybridized carbons (Fsp3) is 0.471. The van der Waals surface area contributed by atoms with Gasteiger partial charge >= 0.3 is 12.1 Å². The van der Waals surface area contributed by atoms with Gasteiger partial charge in [-0.1, -0.05) is 29.8 Å². The van der Waals surface area contributed by atoms with E-state index in [9.17, 15) is 14.4 Å². The van der Waals surface area contributed by atoms with Crippen LogP contribution in [0.15, 0.2) is 24.3 Å². The SMILES string of the molecule is COC(=O)NC(c1cccc(C)c1)C1(C(=O)OC)CCCC1=O. The number of alkyl carbamates (subject to hydrolysis) is 1. The monoisotopic (exact) mass is 319 g/mol. The molecule has 2 rings (SSSR count). The van der Waals surface area contributed by atoms with E-state index in [1.54, 1.807) is 6.07 Å². The molecule has 2 unspecified atom stereocenters. The minimum atomic E-state index is -1.41. The number of hydrogen-bond donors (Lipinski definition) is 1. The molecule has 0 bridgehead atoms. The van der Waals surface area contributed by atoms with E-state index >= 15 is 0 Å². The van der Waals surface area contributed by atoms with Crippen LogP contribution in [0.5, 0.6) is 0 Å². The van der Waals surface area contributed by atoms with E-state index in [0.717, 1.165) is 5.56 Å². The molecule has 1 aliphatic rings. The Bertz CT molecular complexity index is 627. The zero-order chi connectivity index (χ0) is 17.0. The second-order valence-electron chi connectivity index (χ2n) is 5.72. The third-order valence-corrected chi connectivity index (χ3v) is 4.34. The fourth-order valence-corrected chi connectivity index (χ4v) is 3.23. The molecule has 0 aliphatic heterocycles. The number of ether oxygens (including phenoxy) is 2. The van der Waals surface area contributed by atoms with Gasteiger partial charge in [-0.15, -0.1) is 0 Å². The number of carbonyl (C=O) groups is 3. The lowest BCUT2D eigenvalue weighted by Gasteiger charge is -2.34. The highest BCUT2D eigenvalue weighted by atomic mass is 16.5. The summed E-state index contributed by atoms with van der Waals surface area (Å²) in [5.74, 6) is -0.838. The summed E-state index contributed by atoms with van der Waals surface area (Å²) in [7, 11) is 2.49. The van der Waals surface area contributed by atoms with E-state index in [4.69, 9.17) is 4.74 Å². The van der Waals surface area contributed by atoms with E-state index in [1.165, 1.54) is 14.2 Å². The van der Waals surface area contributed by atoms with Crippen LogP contribution in [-0.2, 0) is 19.1 Å². The number of hydrogen-bond acceptors (Lipinski definition) is 5. The van der Waals surface area contributed by atoms with Gasteiger partial charge in [0.15, 0.2) is 11.2 Å². The van der Waals surface area contributed by atoms with Crippen LogP contribution in [0.2, 0.25) is 0 Å². The number of carbonyl (C=O) groups excluding carboxylic acids is 3. The maximum absolute atomic E-state index is 12.6.